The third-order valence-corrected chi connectivity index (χ3v) is 6.18. The van der Waals surface area contributed by atoms with E-state index in [-0.39, 0.29) is 23.8 Å². The standard InChI is InChI=1S/C28H39NO4/c1-23(13-7-5-8-14-24-15-9-6-10-16-24)26(30)20-18-25-19-21-27(31)29(25)22-12-4-3-11-17-28(32)33-2/h6,9-10,15-16,18,20,23,25-26,30H,3-4,8,11-14,17,19,21-22H2,1-2H3/t23-,25-,26-/m0/s1. The molecule has 1 aliphatic heterocycles. The lowest BCUT2D eigenvalue weighted by atomic mass is 9.99. The summed E-state index contributed by atoms with van der Waals surface area (Å²) in [5.41, 5.74) is 1.29. The molecule has 0 aliphatic carbocycles. The minimum Gasteiger partial charge on any atom is -0.469 e. The molecule has 1 amide bonds. The summed E-state index contributed by atoms with van der Waals surface area (Å²) >= 11 is 0. The normalized spacial score (nSPS) is 17.6. The molecular weight excluding hydrogens is 414 g/mol. The molecule has 1 fully saturated rings. The van der Waals surface area contributed by atoms with Crippen molar-refractivity contribution in [3.05, 3.63) is 48.0 Å². The van der Waals surface area contributed by atoms with Crippen molar-refractivity contribution in [3.63, 3.8) is 0 Å². The smallest absolute Gasteiger partial charge is 0.305 e. The fourth-order valence-corrected chi connectivity index (χ4v) is 3.98. The molecule has 0 spiro atoms. The third-order valence-electron chi connectivity index (χ3n) is 6.18. The summed E-state index contributed by atoms with van der Waals surface area (Å²) in [4.78, 5) is 25.3. The zero-order valence-electron chi connectivity index (χ0n) is 20.2. The summed E-state index contributed by atoms with van der Waals surface area (Å²) in [5, 5.41) is 10.5. The van der Waals surface area contributed by atoms with Gasteiger partial charge in [0.2, 0.25) is 5.91 Å². The molecule has 180 valence electrons. The van der Waals surface area contributed by atoms with E-state index < -0.39 is 6.10 Å². The number of likely N-dealkylation sites (tertiary alicyclic amines) is 1. The van der Waals surface area contributed by atoms with Gasteiger partial charge in [-0.2, -0.15) is 0 Å². The van der Waals surface area contributed by atoms with Crippen molar-refractivity contribution in [2.75, 3.05) is 13.7 Å². The van der Waals surface area contributed by atoms with Crippen molar-refractivity contribution in [3.8, 4) is 11.8 Å². The first-order valence-electron chi connectivity index (χ1n) is 12.2. The fraction of sp³-hybridized carbons (Fsp3) is 0.571. The van der Waals surface area contributed by atoms with E-state index in [1.165, 1.54) is 12.7 Å². The number of hydrogen-bond donors (Lipinski definition) is 1. The van der Waals surface area contributed by atoms with Gasteiger partial charge in [0.05, 0.1) is 19.3 Å². The van der Waals surface area contributed by atoms with E-state index in [1.54, 1.807) is 0 Å². The van der Waals surface area contributed by atoms with Crippen LogP contribution in [0, 0.1) is 17.8 Å². The molecule has 5 nitrogen and oxygen atoms in total. The molecule has 1 aromatic carbocycles. The van der Waals surface area contributed by atoms with Crippen LogP contribution < -0.4 is 0 Å². The Morgan fingerprint density at radius 3 is 2.73 bits per heavy atom. The molecule has 1 aromatic rings. The zero-order chi connectivity index (χ0) is 23.9. The van der Waals surface area contributed by atoms with Crippen LogP contribution in [0.4, 0.5) is 0 Å². The fourth-order valence-electron chi connectivity index (χ4n) is 3.98. The topological polar surface area (TPSA) is 66.8 Å². The SMILES string of the molecule is COC(=O)CCCCCCN1C(=O)CC[C@@H]1C=C[C@H](O)[C@@H](C)CC#CCCc1ccccc1. The van der Waals surface area contributed by atoms with Crippen LogP contribution in [0.2, 0.25) is 0 Å². The van der Waals surface area contributed by atoms with Crippen molar-refractivity contribution >= 4 is 11.9 Å². The lowest BCUT2D eigenvalue weighted by Crippen LogP contribution is -2.33. The Labute approximate surface area is 199 Å². The molecule has 1 N–H and O–H groups in total. The number of carbonyl (C=O) groups excluding carboxylic acids is 2. The van der Waals surface area contributed by atoms with Gasteiger partial charge < -0.3 is 14.7 Å². The van der Waals surface area contributed by atoms with Gasteiger partial charge in [0.25, 0.3) is 0 Å². The number of unbranched alkanes of at least 4 members (excludes halogenated alkanes) is 3. The highest BCUT2D eigenvalue weighted by molar-refractivity contribution is 5.79. The van der Waals surface area contributed by atoms with Gasteiger partial charge >= 0.3 is 5.97 Å². The maximum Gasteiger partial charge on any atom is 0.305 e. The van der Waals surface area contributed by atoms with Gasteiger partial charge in [-0.3, -0.25) is 9.59 Å². The predicted octanol–water partition coefficient (Wildman–Crippen LogP) is 4.68. The molecular formula is C28H39NO4. The summed E-state index contributed by atoms with van der Waals surface area (Å²) in [6.07, 6.45) is 11.2. The van der Waals surface area contributed by atoms with Crippen LogP contribution in [0.3, 0.4) is 0 Å². The largest absolute Gasteiger partial charge is 0.469 e. The van der Waals surface area contributed by atoms with E-state index in [0.29, 0.717) is 19.3 Å². The lowest BCUT2D eigenvalue weighted by molar-refractivity contribution is -0.140. The number of nitrogens with zero attached hydrogens (tertiary/aromatic N) is 1. The van der Waals surface area contributed by atoms with Crippen molar-refractivity contribution in [2.45, 2.75) is 83.3 Å². The van der Waals surface area contributed by atoms with Crippen molar-refractivity contribution < 1.29 is 19.4 Å². The van der Waals surface area contributed by atoms with E-state index in [1.807, 2.05) is 42.2 Å². The summed E-state index contributed by atoms with van der Waals surface area (Å²) in [7, 11) is 1.41. The third kappa shape index (κ3) is 10.3. The number of benzene rings is 1. The molecule has 3 atom stereocenters. The first kappa shape index (κ1) is 26.7. The second kappa shape index (κ2) is 15.3. The molecule has 2 rings (SSSR count). The summed E-state index contributed by atoms with van der Waals surface area (Å²) < 4.78 is 4.65. The van der Waals surface area contributed by atoms with E-state index in [9.17, 15) is 14.7 Å². The Morgan fingerprint density at radius 2 is 1.97 bits per heavy atom. The van der Waals surface area contributed by atoms with Crippen molar-refractivity contribution in [1.29, 1.82) is 0 Å². The first-order valence-corrected chi connectivity index (χ1v) is 12.2. The number of amides is 1. The van der Waals surface area contributed by atoms with Gasteiger partial charge in [-0.25, -0.2) is 0 Å². The number of ether oxygens (including phenoxy) is 1. The average molecular weight is 454 g/mol. The van der Waals surface area contributed by atoms with E-state index >= 15 is 0 Å². The van der Waals surface area contributed by atoms with Gasteiger partial charge in [-0.15, -0.1) is 11.8 Å². The van der Waals surface area contributed by atoms with Crippen LogP contribution in [0.15, 0.2) is 42.5 Å². The molecule has 0 saturated carbocycles. The second-order valence-electron chi connectivity index (χ2n) is 8.83. The Balaban J connectivity index is 1.68. The maximum absolute atomic E-state index is 12.3. The maximum atomic E-state index is 12.3. The summed E-state index contributed by atoms with van der Waals surface area (Å²) in [5.74, 6) is 6.48. The number of aliphatic hydroxyl groups excluding tert-OH is 1. The van der Waals surface area contributed by atoms with Crippen LogP contribution >= 0.6 is 0 Å². The minimum atomic E-state index is -0.565. The van der Waals surface area contributed by atoms with E-state index in [2.05, 4.69) is 28.7 Å². The average Bonchev–Trinajstić information content (AvgIpc) is 3.18. The Kier molecular flexibility index (Phi) is 12.4. The number of rotatable bonds is 13. The summed E-state index contributed by atoms with van der Waals surface area (Å²) in [6, 6.07) is 10.4. The van der Waals surface area contributed by atoms with E-state index in [4.69, 9.17) is 0 Å². The molecule has 5 heteroatoms. The summed E-state index contributed by atoms with van der Waals surface area (Å²) in [6.45, 7) is 2.73. The minimum absolute atomic E-state index is 0.0471. The Bertz CT molecular complexity index is 808. The van der Waals surface area contributed by atoms with Crippen molar-refractivity contribution in [1.82, 2.24) is 4.90 Å². The molecule has 1 heterocycles. The Morgan fingerprint density at radius 1 is 1.21 bits per heavy atom. The second-order valence-corrected chi connectivity index (χ2v) is 8.83. The van der Waals surface area contributed by atoms with Gasteiger partial charge in [0.15, 0.2) is 0 Å². The molecule has 0 radical (unpaired) electrons. The van der Waals surface area contributed by atoms with E-state index in [0.717, 1.165) is 51.5 Å². The van der Waals surface area contributed by atoms with Gasteiger partial charge in [-0.05, 0) is 37.2 Å². The van der Waals surface area contributed by atoms with Gasteiger partial charge in [-0.1, -0.05) is 62.2 Å². The number of carbonyl (C=O) groups is 2. The molecule has 0 aromatic heterocycles. The highest BCUT2D eigenvalue weighted by atomic mass is 16.5. The number of aliphatic hydroxyl groups is 1. The number of hydrogen-bond acceptors (Lipinski definition) is 4. The van der Waals surface area contributed by atoms with Gasteiger partial charge in [0, 0.05) is 32.2 Å². The van der Waals surface area contributed by atoms with Crippen LogP contribution in [0.25, 0.3) is 0 Å². The molecule has 33 heavy (non-hydrogen) atoms. The first-order chi connectivity index (χ1) is 16.0. The monoisotopic (exact) mass is 453 g/mol. The van der Waals surface area contributed by atoms with Crippen LogP contribution in [0.5, 0.6) is 0 Å². The zero-order valence-corrected chi connectivity index (χ0v) is 20.2. The molecule has 0 unspecified atom stereocenters. The quantitative estimate of drug-likeness (QED) is 0.204. The number of aryl methyl sites for hydroxylation is 1. The number of esters is 1. The molecule has 1 saturated heterocycles. The molecule has 0 bridgehead atoms. The predicted molar refractivity (Wildman–Crippen MR) is 131 cm³/mol. The van der Waals surface area contributed by atoms with Crippen LogP contribution in [-0.2, 0) is 20.7 Å². The highest BCUT2D eigenvalue weighted by Crippen LogP contribution is 2.22. The highest BCUT2D eigenvalue weighted by Gasteiger charge is 2.28. The Hall–Kier alpha value is -2.58. The van der Waals surface area contributed by atoms with Crippen LogP contribution in [-0.4, -0.2) is 47.7 Å². The lowest BCUT2D eigenvalue weighted by Gasteiger charge is -2.23. The van der Waals surface area contributed by atoms with Gasteiger partial charge in [0.1, 0.15) is 0 Å². The number of methoxy groups -OCH3 is 1. The molecule has 1 aliphatic rings. The van der Waals surface area contributed by atoms with Crippen molar-refractivity contribution in [2.24, 2.45) is 5.92 Å². The van der Waals surface area contributed by atoms with Crippen LogP contribution in [0.1, 0.15) is 70.3 Å².